The fraction of sp³-hybridized carbons (Fsp3) is 0.900. The van der Waals surface area contributed by atoms with Crippen molar-refractivity contribution < 1.29 is 9.90 Å². The first-order chi connectivity index (χ1) is 6.83. The fourth-order valence-electron chi connectivity index (χ4n) is 1.74. The van der Waals surface area contributed by atoms with Crippen LogP contribution in [0, 0.1) is 5.92 Å². The number of hydrogen-bond donors (Lipinski definition) is 3. The number of hydrogen-bond acceptors (Lipinski definition) is 3. The van der Waals surface area contributed by atoms with Crippen LogP contribution in [-0.4, -0.2) is 37.3 Å². The Morgan fingerprint density at radius 3 is 3.07 bits per heavy atom. The SMILES string of the molecule is O=C(CC1CCCNC1)NCCCO. The molecule has 0 aliphatic carbocycles. The monoisotopic (exact) mass is 200 g/mol. The van der Waals surface area contributed by atoms with Gasteiger partial charge in [-0.1, -0.05) is 0 Å². The van der Waals surface area contributed by atoms with Crippen molar-refractivity contribution in [2.45, 2.75) is 25.7 Å². The molecule has 0 saturated carbocycles. The van der Waals surface area contributed by atoms with Gasteiger partial charge in [-0.25, -0.2) is 0 Å². The van der Waals surface area contributed by atoms with Gasteiger partial charge in [-0.15, -0.1) is 0 Å². The Bertz CT molecular complexity index is 168. The highest BCUT2D eigenvalue weighted by Gasteiger charge is 2.15. The number of rotatable bonds is 5. The van der Waals surface area contributed by atoms with Crippen LogP contribution in [0.25, 0.3) is 0 Å². The lowest BCUT2D eigenvalue weighted by atomic mass is 9.96. The molecule has 14 heavy (non-hydrogen) atoms. The van der Waals surface area contributed by atoms with Gasteiger partial charge in [0.15, 0.2) is 0 Å². The summed E-state index contributed by atoms with van der Waals surface area (Å²) >= 11 is 0. The molecule has 1 saturated heterocycles. The molecule has 3 N–H and O–H groups in total. The van der Waals surface area contributed by atoms with Crippen LogP contribution >= 0.6 is 0 Å². The molecule has 1 unspecified atom stereocenters. The van der Waals surface area contributed by atoms with Crippen LogP contribution in [0.15, 0.2) is 0 Å². The van der Waals surface area contributed by atoms with Gasteiger partial charge in [0.05, 0.1) is 0 Å². The number of aliphatic hydroxyl groups is 1. The van der Waals surface area contributed by atoms with Crippen LogP contribution in [0.4, 0.5) is 0 Å². The van der Waals surface area contributed by atoms with Gasteiger partial charge in [-0.3, -0.25) is 4.79 Å². The Hall–Kier alpha value is -0.610. The summed E-state index contributed by atoms with van der Waals surface area (Å²) in [5.41, 5.74) is 0. The minimum Gasteiger partial charge on any atom is -0.396 e. The molecule has 1 atom stereocenters. The van der Waals surface area contributed by atoms with E-state index in [1.165, 1.54) is 6.42 Å². The summed E-state index contributed by atoms with van der Waals surface area (Å²) in [6.07, 6.45) is 3.60. The molecule has 1 heterocycles. The van der Waals surface area contributed by atoms with Crippen LogP contribution < -0.4 is 10.6 Å². The molecule has 0 aromatic carbocycles. The highest BCUT2D eigenvalue weighted by molar-refractivity contribution is 5.76. The lowest BCUT2D eigenvalue weighted by Crippen LogP contribution is -2.34. The molecule has 1 aliphatic heterocycles. The predicted molar refractivity (Wildman–Crippen MR) is 54.9 cm³/mol. The summed E-state index contributed by atoms with van der Waals surface area (Å²) in [5, 5.41) is 14.6. The Balaban J connectivity index is 2.06. The van der Waals surface area contributed by atoms with Crippen LogP contribution in [0.5, 0.6) is 0 Å². The summed E-state index contributed by atoms with van der Waals surface area (Å²) in [6.45, 7) is 2.79. The van der Waals surface area contributed by atoms with Crippen molar-refractivity contribution in [3.8, 4) is 0 Å². The third kappa shape index (κ3) is 4.58. The van der Waals surface area contributed by atoms with E-state index in [1.807, 2.05) is 0 Å². The first kappa shape index (κ1) is 11.5. The largest absolute Gasteiger partial charge is 0.396 e. The van der Waals surface area contributed by atoms with Gasteiger partial charge in [0.1, 0.15) is 0 Å². The molecule has 4 heteroatoms. The van der Waals surface area contributed by atoms with Crippen molar-refractivity contribution in [3.63, 3.8) is 0 Å². The van der Waals surface area contributed by atoms with E-state index in [1.54, 1.807) is 0 Å². The van der Waals surface area contributed by atoms with Crippen LogP contribution in [0.3, 0.4) is 0 Å². The first-order valence-corrected chi connectivity index (χ1v) is 5.41. The molecule has 1 amide bonds. The number of amides is 1. The zero-order chi connectivity index (χ0) is 10.2. The van der Waals surface area contributed by atoms with Gasteiger partial charge in [-0.05, 0) is 38.3 Å². The molecule has 0 bridgehead atoms. The molecular formula is C10H20N2O2. The lowest BCUT2D eigenvalue weighted by molar-refractivity contribution is -0.122. The van der Waals surface area contributed by atoms with Crippen molar-refractivity contribution in [2.24, 2.45) is 5.92 Å². The van der Waals surface area contributed by atoms with Gasteiger partial charge in [0.2, 0.25) is 5.91 Å². The Morgan fingerprint density at radius 2 is 2.43 bits per heavy atom. The minimum atomic E-state index is 0.118. The highest BCUT2D eigenvalue weighted by atomic mass is 16.3. The number of nitrogens with one attached hydrogen (secondary N) is 2. The van der Waals surface area contributed by atoms with Gasteiger partial charge in [0, 0.05) is 19.6 Å². The van der Waals surface area contributed by atoms with Crippen LogP contribution in [0.2, 0.25) is 0 Å². The molecular weight excluding hydrogens is 180 g/mol. The molecule has 0 aromatic heterocycles. The van der Waals surface area contributed by atoms with Crippen molar-refractivity contribution in [1.82, 2.24) is 10.6 Å². The first-order valence-electron chi connectivity index (χ1n) is 5.41. The maximum absolute atomic E-state index is 11.4. The normalized spacial score (nSPS) is 21.9. The van der Waals surface area contributed by atoms with Crippen molar-refractivity contribution in [3.05, 3.63) is 0 Å². The number of piperidine rings is 1. The quantitative estimate of drug-likeness (QED) is 0.542. The van der Waals surface area contributed by atoms with Crippen molar-refractivity contribution >= 4 is 5.91 Å². The van der Waals surface area contributed by atoms with Gasteiger partial charge in [0.25, 0.3) is 0 Å². The average Bonchev–Trinajstić information content (AvgIpc) is 2.20. The zero-order valence-corrected chi connectivity index (χ0v) is 8.59. The van der Waals surface area contributed by atoms with Crippen molar-refractivity contribution in [2.75, 3.05) is 26.2 Å². The highest BCUT2D eigenvalue weighted by Crippen LogP contribution is 2.13. The summed E-state index contributed by atoms with van der Waals surface area (Å²) in [4.78, 5) is 11.4. The Labute approximate surface area is 85.1 Å². The second-order valence-corrected chi connectivity index (χ2v) is 3.84. The average molecular weight is 200 g/mol. The van der Waals surface area contributed by atoms with E-state index < -0.39 is 0 Å². The summed E-state index contributed by atoms with van der Waals surface area (Å²) in [6, 6.07) is 0. The van der Waals surface area contributed by atoms with Crippen molar-refractivity contribution in [1.29, 1.82) is 0 Å². The molecule has 82 valence electrons. The molecule has 1 fully saturated rings. The summed E-state index contributed by atoms with van der Waals surface area (Å²) in [5.74, 6) is 0.616. The molecule has 0 aromatic rings. The smallest absolute Gasteiger partial charge is 0.220 e. The van der Waals surface area contributed by atoms with E-state index in [0.29, 0.717) is 25.3 Å². The zero-order valence-electron chi connectivity index (χ0n) is 8.59. The second-order valence-electron chi connectivity index (χ2n) is 3.84. The second kappa shape index (κ2) is 6.79. The molecule has 0 spiro atoms. The maximum atomic E-state index is 11.4. The van der Waals surface area contributed by atoms with Gasteiger partial charge in [-0.2, -0.15) is 0 Å². The third-order valence-electron chi connectivity index (χ3n) is 2.53. The number of aliphatic hydroxyl groups excluding tert-OH is 1. The topological polar surface area (TPSA) is 61.4 Å². The van der Waals surface area contributed by atoms with Crippen LogP contribution in [-0.2, 0) is 4.79 Å². The Morgan fingerprint density at radius 1 is 1.57 bits per heavy atom. The number of carbonyl (C=O) groups is 1. The lowest BCUT2D eigenvalue weighted by Gasteiger charge is -2.21. The number of carbonyl (C=O) groups excluding carboxylic acids is 1. The molecule has 1 aliphatic rings. The summed E-state index contributed by atoms with van der Waals surface area (Å²) in [7, 11) is 0. The van der Waals surface area contributed by atoms with E-state index in [0.717, 1.165) is 19.5 Å². The van der Waals surface area contributed by atoms with E-state index in [9.17, 15) is 4.79 Å². The maximum Gasteiger partial charge on any atom is 0.220 e. The standard InChI is InChI=1S/C10H20N2O2/c13-6-2-5-12-10(14)7-9-3-1-4-11-8-9/h9,11,13H,1-8H2,(H,12,14). The molecule has 0 radical (unpaired) electrons. The van der Waals surface area contributed by atoms with E-state index >= 15 is 0 Å². The fourth-order valence-corrected chi connectivity index (χ4v) is 1.74. The van der Waals surface area contributed by atoms with E-state index in [2.05, 4.69) is 10.6 Å². The minimum absolute atomic E-state index is 0.118. The predicted octanol–water partition coefficient (Wildman–Crippen LogP) is -0.125. The van der Waals surface area contributed by atoms with Crippen LogP contribution in [0.1, 0.15) is 25.7 Å². The Kier molecular flexibility index (Phi) is 5.56. The summed E-state index contributed by atoms with van der Waals surface area (Å²) < 4.78 is 0. The molecule has 4 nitrogen and oxygen atoms in total. The van der Waals surface area contributed by atoms with Gasteiger partial charge < -0.3 is 15.7 Å². The van der Waals surface area contributed by atoms with Gasteiger partial charge >= 0.3 is 0 Å². The van der Waals surface area contributed by atoms with E-state index in [-0.39, 0.29) is 12.5 Å². The molecule has 1 rings (SSSR count). The van der Waals surface area contributed by atoms with E-state index in [4.69, 9.17) is 5.11 Å². The third-order valence-corrected chi connectivity index (χ3v) is 2.53.